The van der Waals surface area contributed by atoms with Gasteiger partial charge in [0.25, 0.3) is 5.56 Å². The molecule has 0 radical (unpaired) electrons. The van der Waals surface area contributed by atoms with Crippen molar-refractivity contribution in [1.29, 1.82) is 0 Å². The van der Waals surface area contributed by atoms with Gasteiger partial charge in [-0.15, -0.1) is 0 Å². The normalized spacial score (nSPS) is 29.6. The van der Waals surface area contributed by atoms with Gasteiger partial charge in [0.15, 0.2) is 5.44 Å². The zero-order chi connectivity index (χ0) is 26.6. The average molecular weight is 530 g/mol. The molecule has 206 valence electrons. The molecular formula is C30H48N3O3P. The maximum Gasteiger partial charge on any atom is 0.282 e. The largest absolute Gasteiger partial charge is 0.330 e. The van der Waals surface area contributed by atoms with Crippen LogP contribution in [0.5, 0.6) is 0 Å². The van der Waals surface area contributed by atoms with Gasteiger partial charge in [-0.3, -0.25) is 9.69 Å². The lowest BCUT2D eigenvalue weighted by atomic mass is 9.78. The first-order valence-electron chi connectivity index (χ1n) is 14.9. The predicted octanol–water partition coefficient (Wildman–Crippen LogP) is 6.96. The van der Waals surface area contributed by atoms with Crippen molar-refractivity contribution >= 4 is 24.8 Å². The number of rotatable bonds is 9. The molecule has 0 spiro atoms. The van der Waals surface area contributed by atoms with Crippen molar-refractivity contribution in [2.45, 2.75) is 123 Å². The van der Waals surface area contributed by atoms with Crippen LogP contribution < -0.4 is 11.0 Å². The summed E-state index contributed by atoms with van der Waals surface area (Å²) in [5.41, 5.74) is 2.59. The predicted molar refractivity (Wildman–Crippen MR) is 155 cm³/mol. The molecule has 1 aromatic carbocycles. The third-order valence-electron chi connectivity index (χ3n) is 9.06. The molecule has 37 heavy (non-hydrogen) atoms. The van der Waals surface area contributed by atoms with Crippen molar-refractivity contribution in [3.05, 3.63) is 34.6 Å². The van der Waals surface area contributed by atoms with Crippen LogP contribution in [0.25, 0.3) is 11.0 Å². The van der Waals surface area contributed by atoms with E-state index in [1.165, 1.54) is 44.9 Å². The first-order valence-corrected chi connectivity index (χ1v) is 16.1. The SMILES string of the molecule is CC.CCOP(OCC)c1nc2ccccc2n(C2CC3CCC(C2)N3C2(CC)CCCC2CC)c1=O. The third kappa shape index (κ3) is 5.16. The average Bonchev–Trinajstić information content (AvgIpc) is 3.47. The van der Waals surface area contributed by atoms with E-state index in [1.807, 2.05) is 45.9 Å². The van der Waals surface area contributed by atoms with Gasteiger partial charge in [0, 0.05) is 23.7 Å². The molecule has 2 aliphatic heterocycles. The summed E-state index contributed by atoms with van der Waals surface area (Å²) in [6, 6.07) is 9.41. The van der Waals surface area contributed by atoms with Crippen LogP contribution in [0.3, 0.4) is 0 Å². The first-order chi connectivity index (χ1) is 18.1. The molecule has 3 heterocycles. The highest BCUT2D eigenvalue weighted by atomic mass is 31.2. The number of hydrogen-bond acceptors (Lipinski definition) is 5. The van der Waals surface area contributed by atoms with Crippen LogP contribution in [-0.4, -0.2) is 45.3 Å². The van der Waals surface area contributed by atoms with Crippen molar-refractivity contribution < 1.29 is 9.05 Å². The summed E-state index contributed by atoms with van der Waals surface area (Å²) in [5.74, 6) is 0.809. The van der Waals surface area contributed by atoms with Crippen molar-refractivity contribution in [3.8, 4) is 0 Å². The fraction of sp³-hybridized carbons (Fsp3) is 0.733. The molecule has 4 atom stereocenters. The molecule has 6 nitrogen and oxygen atoms in total. The highest BCUT2D eigenvalue weighted by Crippen LogP contribution is 2.53. The Morgan fingerprint density at radius 3 is 2.22 bits per heavy atom. The zero-order valence-corrected chi connectivity index (χ0v) is 24.8. The molecule has 3 aliphatic rings. The Morgan fingerprint density at radius 1 is 0.973 bits per heavy atom. The molecule has 0 amide bonds. The monoisotopic (exact) mass is 529 g/mol. The van der Waals surface area contributed by atoms with E-state index in [1.54, 1.807) is 0 Å². The smallest absolute Gasteiger partial charge is 0.282 e. The fourth-order valence-corrected chi connectivity index (χ4v) is 9.04. The van der Waals surface area contributed by atoms with Crippen LogP contribution in [-0.2, 0) is 9.05 Å². The summed E-state index contributed by atoms with van der Waals surface area (Å²) in [7, 11) is -1.48. The Morgan fingerprint density at radius 2 is 1.62 bits per heavy atom. The van der Waals surface area contributed by atoms with Gasteiger partial charge < -0.3 is 13.6 Å². The lowest BCUT2D eigenvalue weighted by molar-refractivity contribution is -0.0322. The first kappa shape index (κ1) is 28.7. The van der Waals surface area contributed by atoms with Crippen LogP contribution in [0, 0.1) is 5.92 Å². The summed E-state index contributed by atoms with van der Waals surface area (Å²) in [6.45, 7) is 13.7. The Bertz CT molecular complexity index is 1070. The third-order valence-corrected chi connectivity index (χ3v) is 10.7. The summed E-state index contributed by atoms with van der Waals surface area (Å²) in [6.07, 6.45) is 11.2. The molecule has 0 N–H and O–H groups in total. The van der Waals surface area contributed by atoms with E-state index in [0.717, 1.165) is 29.8 Å². The zero-order valence-electron chi connectivity index (χ0n) is 23.9. The van der Waals surface area contributed by atoms with Gasteiger partial charge in [0.1, 0.15) is 0 Å². The second-order valence-electron chi connectivity index (χ2n) is 10.6. The van der Waals surface area contributed by atoms with Crippen molar-refractivity contribution in [3.63, 3.8) is 0 Å². The van der Waals surface area contributed by atoms with Crippen molar-refractivity contribution in [2.24, 2.45) is 5.92 Å². The Kier molecular flexibility index (Phi) is 9.83. The standard InChI is InChI=1S/C28H42N3O3P.C2H6/c1-5-20-12-11-17-28(20,6-2)31-21-15-16-22(31)19-23(18-21)30-25-14-10-9-13-24(25)29-26(27(30)32)35(33-7-3)34-8-4;1-2/h9-10,13-14,20-23H,5-8,11-12,15-19H2,1-4H3;1-2H3. The van der Waals surface area contributed by atoms with Gasteiger partial charge >= 0.3 is 0 Å². The maximum absolute atomic E-state index is 14.0. The topological polar surface area (TPSA) is 56.6 Å². The minimum absolute atomic E-state index is 0.0212. The summed E-state index contributed by atoms with van der Waals surface area (Å²) in [4.78, 5) is 21.8. The van der Waals surface area contributed by atoms with Crippen LogP contribution in [0.2, 0.25) is 0 Å². The molecule has 1 aromatic heterocycles. The quantitative estimate of drug-likeness (QED) is 0.329. The van der Waals surface area contributed by atoms with E-state index < -0.39 is 8.38 Å². The van der Waals surface area contributed by atoms with E-state index >= 15 is 0 Å². The number of fused-ring (bicyclic) bond motifs is 3. The Balaban J connectivity index is 0.00000156. The number of para-hydroxylation sites is 2. The van der Waals surface area contributed by atoms with E-state index in [0.29, 0.717) is 36.3 Å². The van der Waals surface area contributed by atoms with Crippen molar-refractivity contribution in [2.75, 3.05) is 13.2 Å². The van der Waals surface area contributed by atoms with Crippen LogP contribution >= 0.6 is 8.38 Å². The number of piperidine rings is 1. The van der Waals surface area contributed by atoms with Crippen LogP contribution in [0.15, 0.2) is 29.1 Å². The van der Waals surface area contributed by atoms with Gasteiger partial charge in [0.05, 0.1) is 24.2 Å². The highest BCUT2D eigenvalue weighted by Gasteiger charge is 2.54. The molecule has 3 fully saturated rings. The molecule has 2 aromatic rings. The van der Waals surface area contributed by atoms with Crippen LogP contribution in [0.4, 0.5) is 0 Å². The van der Waals surface area contributed by atoms with Gasteiger partial charge in [-0.25, -0.2) is 4.98 Å². The van der Waals surface area contributed by atoms with Gasteiger partial charge in [0.2, 0.25) is 8.38 Å². The second-order valence-corrected chi connectivity index (χ2v) is 12.0. The van der Waals surface area contributed by atoms with E-state index in [4.69, 9.17) is 14.0 Å². The summed E-state index contributed by atoms with van der Waals surface area (Å²) < 4.78 is 13.8. The maximum atomic E-state index is 14.0. The second kappa shape index (κ2) is 12.7. The van der Waals surface area contributed by atoms with E-state index in [-0.39, 0.29) is 11.6 Å². The molecule has 5 rings (SSSR count). The number of benzene rings is 1. The number of aromatic nitrogens is 2. The van der Waals surface area contributed by atoms with Gasteiger partial charge in [-0.05, 0) is 76.8 Å². The molecule has 7 heteroatoms. The lowest BCUT2D eigenvalue weighted by Gasteiger charge is -2.53. The van der Waals surface area contributed by atoms with E-state index in [9.17, 15) is 4.79 Å². The Labute approximate surface area is 225 Å². The molecule has 2 bridgehead atoms. The Hall–Kier alpha value is -1.33. The molecular weight excluding hydrogens is 481 g/mol. The summed E-state index contributed by atoms with van der Waals surface area (Å²) >= 11 is 0. The fourth-order valence-electron chi connectivity index (χ4n) is 7.80. The minimum atomic E-state index is -1.48. The number of nitrogens with zero attached hydrogens (tertiary/aromatic N) is 3. The van der Waals surface area contributed by atoms with Gasteiger partial charge in [-0.2, -0.15) is 0 Å². The highest BCUT2D eigenvalue weighted by molar-refractivity contribution is 7.55. The van der Waals surface area contributed by atoms with Crippen molar-refractivity contribution in [1.82, 2.24) is 14.5 Å². The molecule has 4 unspecified atom stereocenters. The molecule has 1 saturated carbocycles. The summed E-state index contributed by atoms with van der Waals surface area (Å²) in [5, 5.41) is 0. The van der Waals surface area contributed by atoms with Gasteiger partial charge in [-0.1, -0.05) is 52.7 Å². The number of hydrogen-bond donors (Lipinski definition) is 0. The molecule has 1 aliphatic carbocycles. The van der Waals surface area contributed by atoms with E-state index in [2.05, 4.69) is 29.4 Å². The lowest BCUT2D eigenvalue weighted by Crippen LogP contribution is -2.59. The van der Waals surface area contributed by atoms with Crippen LogP contribution in [0.1, 0.15) is 105 Å². The molecule has 2 saturated heterocycles. The minimum Gasteiger partial charge on any atom is -0.330 e.